The van der Waals surface area contributed by atoms with Gasteiger partial charge in [0.15, 0.2) is 5.75 Å². The fourth-order valence-electron chi connectivity index (χ4n) is 2.36. The first-order valence-electron chi connectivity index (χ1n) is 7.52. The van der Waals surface area contributed by atoms with Crippen molar-refractivity contribution in [2.45, 2.75) is 26.2 Å². The fraction of sp³-hybridized carbons (Fsp3) is 0.263. The lowest BCUT2D eigenvalue weighted by molar-refractivity contribution is 0.407. The van der Waals surface area contributed by atoms with Crippen LogP contribution in [0.4, 0.5) is 0 Å². The highest BCUT2D eigenvalue weighted by atomic mass is 35.5. The van der Waals surface area contributed by atoms with Crippen LogP contribution in [0.3, 0.4) is 0 Å². The molecule has 134 valence electrons. The number of nitriles is 2. The summed E-state index contributed by atoms with van der Waals surface area (Å²) in [7, 11) is 1.58. The molecule has 0 aliphatic rings. The molecule has 0 fully saturated rings. The van der Waals surface area contributed by atoms with E-state index < -0.39 is 0 Å². The Morgan fingerprint density at radius 2 is 1.50 bits per heavy atom. The first kappa shape index (κ1) is 20.2. The van der Waals surface area contributed by atoms with Gasteiger partial charge in [0.2, 0.25) is 0 Å². The fourth-order valence-corrected chi connectivity index (χ4v) is 3.13. The molecule has 2 aromatic rings. The minimum absolute atomic E-state index is 0.0251. The van der Waals surface area contributed by atoms with Gasteiger partial charge in [0, 0.05) is 5.56 Å². The summed E-state index contributed by atoms with van der Waals surface area (Å²) in [6.45, 7) is 6.05. The molecule has 0 aliphatic heterocycles. The summed E-state index contributed by atoms with van der Waals surface area (Å²) >= 11 is 18.7. The standard InChI is InChI=1S/C19H15Cl3N2O2/c1-19(2,3)13-7-10(25-4)5-6-14(13)26-18-16(21)12(9-24)11(8-23)15(20)17(18)22/h5-7H,1-4H3. The molecule has 26 heavy (non-hydrogen) atoms. The minimum Gasteiger partial charge on any atom is -0.497 e. The molecule has 7 heteroatoms. The average molecular weight is 410 g/mol. The van der Waals surface area contributed by atoms with Crippen molar-refractivity contribution in [2.75, 3.05) is 7.11 Å². The first-order chi connectivity index (χ1) is 12.1. The Labute approximate surface area is 167 Å². The van der Waals surface area contributed by atoms with Crippen LogP contribution in [0.5, 0.6) is 17.2 Å². The molecule has 0 N–H and O–H groups in total. The van der Waals surface area contributed by atoms with Crippen molar-refractivity contribution < 1.29 is 9.47 Å². The van der Waals surface area contributed by atoms with E-state index in [1.807, 2.05) is 39.0 Å². The van der Waals surface area contributed by atoms with Crippen molar-refractivity contribution >= 4 is 34.8 Å². The number of methoxy groups -OCH3 is 1. The molecular weight excluding hydrogens is 395 g/mol. The molecule has 0 bridgehead atoms. The Bertz CT molecular complexity index is 951. The SMILES string of the molecule is COc1ccc(Oc2c(Cl)c(Cl)c(C#N)c(C#N)c2Cl)c(C(C)(C)C)c1. The Kier molecular flexibility index (Phi) is 5.94. The molecule has 2 rings (SSSR count). The van der Waals surface area contributed by atoms with Gasteiger partial charge in [-0.25, -0.2) is 0 Å². The highest BCUT2D eigenvalue weighted by molar-refractivity contribution is 6.46. The number of halogens is 3. The van der Waals surface area contributed by atoms with E-state index in [0.29, 0.717) is 11.5 Å². The number of ether oxygens (including phenoxy) is 2. The van der Waals surface area contributed by atoms with Crippen molar-refractivity contribution in [2.24, 2.45) is 0 Å². The van der Waals surface area contributed by atoms with Gasteiger partial charge in [-0.3, -0.25) is 0 Å². The number of hydrogen-bond donors (Lipinski definition) is 0. The van der Waals surface area contributed by atoms with Gasteiger partial charge in [0.25, 0.3) is 0 Å². The summed E-state index contributed by atoms with van der Waals surface area (Å²) in [4.78, 5) is 0. The van der Waals surface area contributed by atoms with Crippen LogP contribution in [-0.4, -0.2) is 7.11 Å². The molecule has 0 unspecified atom stereocenters. The smallest absolute Gasteiger partial charge is 0.167 e. The van der Waals surface area contributed by atoms with E-state index in [-0.39, 0.29) is 37.4 Å². The molecule has 0 radical (unpaired) electrons. The number of hydrogen-bond acceptors (Lipinski definition) is 4. The van der Waals surface area contributed by atoms with E-state index in [1.165, 1.54) is 0 Å². The maximum Gasteiger partial charge on any atom is 0.167 e. The molecule has 4 nitrogen and oxygen atoms in total. The predicted octanol–water partition coefficient (Wildman–Crippen LogP) is 6.49. The second-order valence-corrected chi connectivity index (χ2v) is 7.59. The van der Waals surface area contributed by atoms with E-state index in [4.69, 9.17) is 44.3 Å². The topological polar surface area (TPSA) is 66.0 Å². The Morgan fingerprint density at radius 1 is 0.923 bits per heavy atom. The lowest BCUT2D eigenvalue weighted by Gasteiger charge is -2.24. The molecule has 2 aromatic carbocycles. The van der Waals surface area contributed by atoms with Crippen molar-refractivity contribution in [3.8, 4) is 29.4 Å². The monoisotopic (exact) mass is 408 g/mol. The number of nitrogens with zero attached hydrogens (tertiary/aromatic N) is 2. The van der Waals surface area contributed by atoms with Crippen LogP contribution in [-0.2, 0) is 5.41 Å². The highest BCUT2D eigenvalue weighted by Gasteiger charge is 2.26. The van der Waals surface area contributed by atoms with Gasteiger partial charge < -0.3 is 9.47 Å². The molecule has 0 amide bonds. The van der Waals surface area contributed by atoms with Crippen LogP contribution in [0.2, 0.25) is 15.1 Å². The van der Waals surface area contributed by atoms with Crippen LogP contribution >= 0.6 is 34.8 Å². The van der Waals surface area contributed by atoms with E-state index in [1.54, 1.807) is 19.2 Å². The van der Waals surface area contributed by atoms with E-state index in [0.717, 1.165) is 5.56 Å². The molecule has 0 atom stereocenters. The van der Waals surface area contributed by atoms with Crippen LogP contribution in [0.15, 0.2) is 18.2 Å². The maximum absolute atomic E-state index is 9.33. The van der Waals surface area contributed by atoms with Gasteiger partial charge in [-0.2, -0.15) is 10.5 Å². The van der Waals surface area contributed by atoms with Crippen molar-refractivity contribution in [1.29, 1.82) is 10.5 Å². The van der Waals surface area contributed by atoms with E-state index in [9.17, 15) is 10.5 Å². The van der Waals surface area contributed by atoms with Crippen molar-refractivity contribution in [3.63, 3.8) is 0 Å². The summed E-state index contributed by atoms with van der Waals surface area (Å²) in [6.07, 6.45) is 0. The normalized spacial score (nSPS) is 10.8. The van der Waals surface area contributed by atoms with Gasteiger partial charge in [0.05, 0.1) is 23.3 Å². The van der Waals surface area contributed by atoms with Crippen LogP contribution in [0.1, 0.15) is 37.5 Å². The Hall–Kier alpha value is -2.11. The lowest BCUT2D eigenvalue weighted by atomic mass is 9.86. The molecule has 0 saturated heterocycles. The molecule has 0 heterocycles. The van der Waals surface area contributed by atoms with Gasteiger partial charge in [0.1, 0.15) is 33.7 Å². The van der Waals surface area contributed by atoms with Crippen molar-refractivity contribution in [1.82, 2.24) is 0 Å². The summed E-state index contributed by atoms with van der Waals surface area (Å²) in [5.74, 6) is 1.20. The van der Waals surface area contributed by atoms with Gasteiger partial charge in [-0.15, -0.1) is 0 Å². The number of benzene rings is 2. The third-order valence-electron chi connectivity index (χ3n) is 3.71. The lowest BCUT2D eigenvalue weighted by Crippen LogP contribution is -2.13. The quantitative estimate of drug-likeness (QED) is 0.543. The zero-order valence-corrected chi connectivity index (χ0v) is 16.8. The zero-order chi connectivity index (χ0) is 19.6. The Balaban J connectivity index is 2.70. The van der Waals surface area contributed by atoms with Gasteiger partial charge >= 0.3 is 0 Å². The minimum atomic E-state index is -0.267. The molecule has 0 aromatic heterocycles. The van der Waals surface area contributed by atoms with E-state index >= 15 is 0 Å². The van der Waals surface area contributed by atoms with Crippen LogP contribution in [0.25, 0.3) is 0 Å². The molecular formula is C19H15Cl3N2O2. The Morgan fingerprint density at radius 3 is 2.00 bits per heavy atom. The summed E-state index contributed by atoms with van der Waals surface area (Å²) in [5.41, 5.74) is 0.423. The summed E-state index contributed by atoms with van der Waals surface area (Å²) in [6, 6.07) is 9.04. The maximum atomic E-state index is 9.33. The van der Waals surface area contributed by atoms with Crippen LogP contribution < -0.4 is 9.47 Å². The van der Waals surface area contributed by atoms with Gasteiger partial charge in [-0.1, -0.05) is 55.6 Å². The summed E-state index contributed by atoms with van der Waals surface area (Å²) in [5, 5.41) is 18.4. The zero-order valence-electron chi connectivity index (χ0n) is 14.6. The van der Waals surface area contributed by atoms with E-state index in [2.05, 4.69) is 0 Å². The molecule has 0 spiro atoms. The predicted molar refractivity (Wildman–Crippen MR) is 103 cm³/mol. The molecule has 0 saturated carbocycles. The highest BCUT2D eigenvalue weighted by Crippen LogP contribution is 2.46. The largest absolute Gasteiger partial charge is 0.497 e. The summed E-state index contributed by atoms with van der Waals surface area (Å²) < 4.78 is 11.2. The first-order valence-corrected chi connectivity index (χ1v) is 8.66. The molecule has 0 aliphatic carbocycles. The van der Waals surface area contributed by atoms with Crippen LogP contribution in [0, 0.1) is 22.7 Å². The third kappa shape index (κ3) is 3.69. The average Bonchev–Trinajstić information content (AvgIpc) is 2.60. The second-order valence-electron chi connectivity index (χ2n) is 6.46. The van der Waals surface area contributed by atoms with Crippen molar-refractivity contribution in [3.05, 3.63) is 50.0 Å². The number of rotatable bonds is 3. The second kappa shape index (κ2) is 7.64. The third-order valence-corrected chi connectivity index (χ3v) is 4.91. The van der Waals surface area contributed by atoms with Gasteiger partial charge in [-0.05, 0) is 23.6 Å².